The molecule has 1 fully saturated rings. The highest BCUT2D eigenvalue weighted by Gasteiger charge is 2.30. The van der Waals surface area contributed by atoms with E-state index in [-0.39, 0.29) is 11.7 Å². The summed E-state index contributed by atoms with van der Waals surface area (Å²) in [6.45, 7) is 8.34. The maximum atomic E-state index is 11.8. The number of carbonyl (C=O) groups is 1. The number of nitrogens with one attached hydrogen (secondary N) is 1. The second kappa shape index (κ2) is 6.39. The highest BCUT2D eigenvalue weighted by atomic mass is 16.6. The fraction of sp³-hybridized carbons (Fsp3) is 0.600. The maximum absolute atomic E-state index is 11.8. The fourth-order valence-electron chi connectivity index (χ4n) is 2.64. The van der Waals surface area contributed by atoms with E-state index < -0.39 is 16.6 Å². The van der Waals surface area contributed by atoms with E-state index >= 15 is 0 Å². The molecule has 0 aliphatic carbocycles. The largest absolute Gasteiger partial charge is 0.444 e. The Bertz CT molecular complexity index is 612. The Morgan fingerprint density at radius 1 is 1.48 bits per heavy atom. The van der Waals surface area contributed by atoms with Crippen molar-refractivity contribution in [2.75, 3.05) is 18.0 Å². The predicted molar refractivity (Wildman–Crippen MR) is 85.6 cm³/mol. The van der Waals surface area contributed by atoms with Crippen molar-refractivity contribution >= 4 is 17.5 Å². The second-order valence-electron chi connectivity index (χ2n) is 6.66. The third kappa shape index (κ3) is 4.30. The number of anilines is 1. The van der Waals surface area contributed by atoms with Crippen molar-refractivity contribution in [3.05, 3.63) is 28.1 Å². The van der Waals surface area contributed by atoms with Crippen molar-refractivity contribution < 1.29 is 14.5 Å². The molecule has 1 amide bonds. The molecule has 1 atom stereocenters. The lowest BCUT2D eigenvalue weighted by atomic mass is 10.2. The first-order valence-electron chi connectivity index (χ1n) is 7.51. The molecule has 1 saturated heterocycles. The number of ether oxygens (including phenoxy) is 1. The molecule has 0 radical (unpaired) electrons. The fourth-order valence-corrected chi connectivity index (χ4v) is 2.64. The number of hydrogen-bond donors (Lipinski definition) is 1. The quantitative estimate of drug-likeness (QED) is 0.678. The highest BCUT2D eigenvalue weighted by Crippen LogP contribution is 2.32. The van der Waals surface area contributed by atoms with E-state index in [0.29, 0.717) is 25.2 Å². The zero-order valence-corrected chi connectivity index (χ0v) is 13.8. The Labute approximate surface area is 135 Å². The van der Waals surface area contributed by atoms with Crippen molar-refractivity contribution in [1.82, 2.24) is 10.3 Å². The first kappa shape index (κ1) is 17.0. The molecule has 1 aliphatic rings. The highest BCUT2D eigenvalue weighted by molar-refractivity contribution is 5.70. The Hall–Kier alpha value is -2.38. The van der Waals surface area contributed by atoms with Gasteiger partial charge in [0.05, 0.1) is 11.0 Å². The predicted octanol–water partition coefficient (Wildman–Crippen LogP) is 2.40. The van der Waals surface area contributed by atoms with E-state index in [1.807, 2.05) is 4.90 Å². The number of pyridine rings is 1. The molecule has 0 bridgehead atoms. The van der Waals surface area contributed by atoms with Gasteiger partial charge in [0, 0.05) is 19.3 Å². The van der Waals surface area contributed by atoms with Gasteiger partial charge in [-0.2, -0.15) is 0 Å². The van der Waals surface area contributed by atoms with Gasteiger partial charge in [-0.3, -0.25) is 15.1 Å². The summed E-state index contributed by atoms with van der Waals surface area (Å²) in [4.78, 5) is 28.4. The van der Waals surface area contributed by atoms with E-state index in [9.17, 15) is 14.9 Å². The van der Waals surface area contributed by atoms with Gasteiger partial charge in [0.25, 0.3) is 0 Å². The molecule has 2 heterocycles. The minimum Gasteiger partial charge on any atom is -0.444 e. The SMILES string of the molecule is Cc1cncc([N+](=O)[O-])c1N1CC[C@H](NC(=O)OC(C)(C)C)C1. The third-order valence-electron chi connectivity index (χ3n) is 3.50. The Kier molecular flexibility index (Phi) is 4.72. The van der Waals surface area contributed by atoms with Crippen LogP contribution >= 0.6 is 0 Å². The number of rotatable bonds is 3. The number of nitro groups is 1. The molecule has 1 aromatic rings. The Morgan fingerprint density at radius 3 is 2.78 bits per heavy atom. The Morgan fingerprint density at radius 2 is 2.17 bits per heavy atom. The molecule has 1 aliphatic heterocycles. The summed E-state index contributed by atoms with van der Waals surface area (Å²) >= 11 is 0. The average molecular weight is 322 g/mol. The number of alkyl carbamates (subject to hydrolysis) is 1. The van der Waals surface area contributed by atoms with Gasteiger partial charge in [-0.15, -0.1) is 0 Å². The first-order chi connectivity index (χ1) is 10.7. The summed E-state index contributed by atoms with van der Waals surface area (Å²) in [6, 6.07) is -0.1000. The van der Waals surface area contributed by atoms with Crippen LogP contribution in [0.15, 0.2) is 12.4 Å². The molecule has 0 aromatic carbocycles. The monoisotopic (exact) mass is 322 g/mol. The van der Waals surface area contributed by atoms with Gasteiger partial charge in [0.2, 0.25) is 0 Å². The van der Waals surface area contributed by atoms with E-state index in [1.165, 1.54) is 6.20 Å². The van der Waals surface area contributed by atoms with Crippen LogP contribution in [-0.2, 0) is 4.74 Å². The summed E-state index contributed by atoms with van der Waals surface area (Å²) < 4.78 is 5.24. The van der Waals surface area contributed by atoms with Crippen LogP contribution in [0.1, 0.15) is 32.8 Å². The van der Waals surface area contributed by atoms with Gasteiger partial charge in [-0.1, -0.05) is 0 Å². The van der Waals surface area contributed by atoms with Gasteiger partial charge in [-0.05, 0) is 39.7 Å². The molecule has 126 valence electrons. The number of aryl methyl sites for hydroxylation is 1. The molecular formula is C15H22N4O4. The molecule has 8 heteroatoms. The lowest BCUT2D eigenvalue weighted by Gasteiger charge is -2.23. The number of carbonyl (C=O) groups excluding carboxylic acids is 1. The molecular weight excluding hydrogens is 300 g/mol. The zero-order chi connectivity index (χ0) is 17.2. The third-order valence-corrected chi connectivity index (χ3v) is 3.50. The topological polar surface area (TPSA) is 97.6 Å². The standard InChI is InChI=1S/C15H22N4O4/c1-10-7-16-8-12(19(21)22)13(10)18-6-5-11(9-18)17-14(20)23-15(2,3)4/h7-8,11H,5-6,9H2,1-4H3,(H,17,20)/t11-/m0/s1. The van der Waals surface area contributed by atoms with Gasteiger partial charge >= 0.3 is 11.8 Å². The maximum Gasteiger partial charge on any atom is 0.407 e. The van der Waals surface area contributed by atoms with Crippen LogP contribution in [0.4, 0.5) is 16.2 Å². The number of nitrogens with zero attached hydrogens (tertiary/aromatic N) is 3. The number of hydrogen-bond acceptors (Lipinski definition) is 6. The van der Waals surface area contributed by atoms with Gasteiger partial charge in [0.15, 0.2) is 0 Å². The van der Waals surface area contributed by atoms with Gasteiger partial charge < -0.3 is 15.0 Å². The van der Waals surface area contributed by atoms with Gasteiger partial charge in [-0.25, -0.2) is 4.79 Å². The van der Waals surface area contributed by atoms with Crippen molar-refractivity contribution in [3.63, 3.8) is 0 Å². The first-order valence-corrected chi connectivity index (χ1v) is 7.51. The summed E-state index contributed by atoms with van der Waals surface area (Å²) in [5.74, 6) is 0. The molecule has 8 nitrogen and oxygen atoms in total. The summed E-state index contributed by atoms with van der Waals surface area (Å²) in [5, 5.41) is 14.0. The van der Waals surface area contributed by atoms with Crippen molar-refractivity contribution in [2.24, 2.45) is 0 Å². The van der Waals surface area contributed by atoms with E-state index in [1.54, 1.807) is 33.9 Å². The molecule has 0 spiro atoms. The van der Waals surface area contributed by atoms with Crippen LogP contribution in [0.25, 0.3) is 0 Å². The minimum atomic E-state index is -0.553. The van der Waals surface area contributed by atoms with E-state index in [0.717, 1.165) is 5.56 Å². The van der Waals surface area contributed by atoms with Crippen molar-refractivity contribution in [3.8, 4) is 0 Å². The van der Waals surface area contributed by atoms with Crippen molar-refractivity contribution in [1.29, 1.82) is 0 Å². The Balaban J connectivity index is 2.06. The van der Waals surface area contributed by atoms with E-state index in [2.05, 4.69) is 10.3 Å². The smallest absolute Gasteiger partial charge is 0.407 e. The molecule has 0 saturated carbocycles. The summed E-state index contributed by atoms with van der Waals surface area (Å²) in [6.07, 6.45) is 3.11. The normalized spacial score (nSPS) is 17.9. The molecule has 2 rings (SSSR count). The van der Waals surface area contributed by atoms with E-state index in [4.69, 9.17) is 4.74 Å². The molecule has 0 unspecified atom stereocenters. The van der Waals surface area contributed by atoms with Crippen LogP contribution in [0.5, 0.6) is 0 Å². The van der Waals surface area contributed by atoms with Crippen LogP contribution in [0, 0.1) is 17.0 Å². The summed E-state index contributed by atoms with van der Waals surface area (Å²) in [5.41, 5.74) is 0.751. The lowest BCUT2D eigenvalue weighted by molar-refractivity contribution is -0.384. The number of amides is 1. The molecule has 1 aromatic heterocycles. The van der Waals surface area contributed by atoms with Crippen LogP contribution in [0.3, 0.4) is 0 Å². The zero-order valence-electron chi connectivity index (χ0n) is 13.8. The van der Waals surface area contributed by atoms with Crippen LogP contribution in [-0.4, -0.2) is 40.7 Å². The van der Waals surface area contributed by atoms with Gasteiger partial charge in [0.1, 0.15) is 17.5 Å². The number of aromatic nitrogens is 1. The van der Waals surface area contributed by atoms with Crippen molar-refractivity contribution in [2.45, 2.75) is 45.8 Å². The lowest BCUT2D eigenvalue weighted by Crippen LogP contribution is -2.40. The minimum absolute atomic E-state index is 0.0112. The summed E-state index contributed by atoms with van der Waals surface area (Å²) in [7, 11) is 0. The molecule has 1 N–H and O–H groups in total. The van der Waals surface area contributed by atoms with Crippen LogP contribution in [0.2, 0.25) is 0 Å². The van der Waals surface area contributed by atoms with Crippen LogP contribution < -0.4 is 10.2 Å². The second-order valence-corrected chi connectivity index (χ2v) is 6.66. The average Bonchev–Trinajstić information content (AvgIpc) is 2.83. The molecule has 23 heavy (non-hydrogen) atoms.